The molecule has 1 fully saturated rings. The van der Waals surface area contributed by atoms with Gasteiger partial charge in [0.25, 0.3) is 5.91 Å². The first-order valence-corrected chi connectivity index (χ1v) is 9.80. The van der Waals surface area contributed by atoms with Gasteiger partial charge in [0, 0.05) is 5.56 Å². The fourth-order valence-electron chi connectivity index (χ4n) is 3.77. The van der Waals surface area contributed by atoms with E-state index in [0.717, 1.165) is 25.2 Å². The number of hydrogen-bond donors (Lipinski definition) is 2. The number of benzene rings is 2. The second kappa shape index (κ2) is 9.58. The Bertz CT molecular complexity index is 868. The number of nitrogens with one attached hydrogen (secondary N) is 1. The highest BCUT2D eigenvalue weighted by molar-refractivity contribution is 5.97. The Morgan fingerprint density at radius 3 is 2.10 bits per heavy atom. The molecule has 8 nitrogen and oxygen atoms in total. The van der Waals surface area contributed by atoms with Crippen LogP contribution in [0.3, 0.4) is 0 Å². The molecule has 2 N–H and O–H groups in total. The van der Waals surface area contributed by atoms with Crippen molar-refractivity contribution in [3.05, 3.63) is 41.5 Å². The number of para-hydroxylation sites is 1. The summed E-state index contributed by atoms with van der Waals surface area (Å²) >= 11 is 0. The number of hydrogen-bond acceptors (Lipinski definition) is 6. The fourth-order valence-corrected chi connectivity index (χ4v) is 3.77. The lowest BCUT2D eigenvalue weighted by molar-refractivity contribution is -0.917. The van der Waals surface area contributed by atoms with Crippen molar-refractivity contribution in [2.24, 2.45) is 0 Å². The van der Waals surface area contributed by atoms with Crippen LogP contribution in [0.15, 0.2) is 30.3 Å². The third-order valence-electron chi connectivity index (χ3n) is 5.38. The number of rotatable bonds is 7. The van der Waals surface area contributed by atoms with Gasteiger partial charge in [-0.15, -0.1) is 0 Å². The lowest BCUT2D eigenvalue weighted by atomic mass is 10.1. The lowest BCUT2D eigenvalue weighted by Crippen LogP contribution is -3.13. The van der Waals surface area contributed by atoms with Crippen LogP contribution in [0, 0.1) is 0 Å². The van der Waals surface area contributed by atoms with E-state index in [1.54, 1.807) is 25.3 Å². The molecule has 0 atom stereocenters. The smallest absolute Gasteiger partial charge is 0.258 e. The summed E-state index contributed by atoms with van der Waals surface area (Å²) in [5.41, 5.74) is 1.51. The summed E-state index contributed by atoms with van der Waals surface area (Å²) in [6.07, 6.45) is 0. The SMILES string of the molecule is COc1cc(C[NH+]2CCN(C(=O)c3cccc(OC)c3OC)CC2)cc(OC)c1O. The first kappa shape index (κ1) is 21.6. The number of aromatic hydroxyl groups is 1. The van der Waals surface area contributed by atoms with E-state index < -0.39 is 0 Å². The van der Waals surface area contributed by atoms with Crippen LogP contribution in [-0.2, 0) is 6.54 Å². The number of nitrogens with zero attached hydrogens (tertiary/aromatic N) is 1. The van der Waals surface area contributed by atoms with Gasteiger partial charge in [-0.2, -0.15) is 0 Å². The van der Waals surface area contributed by atoms with Crippen LogP contribution in [0.2, 0.25) is 0 Å². The Morgan fingerprint density at radius 1 is 0.967 bits per heavy atom. The highest BCUT2D eigenvalue weighted by Crippen LogP contribution is 2.37. The monoisotopic (exact) mass is 417 g/mol. The van der Waals surface area contributed by atoms with E-state index in [1.807, 2.05) is 17.0 Å². The van der Waals surface area contributed by atoms with Crippen LogP contribution >= 0.6 is 0 Å². The average molecular weight is 417 g/mol. The Kier molecular flexibility index (Phi) is 6.89. The van der Waals surface area contributed by atoms with Crippen molar-refractivity contribution in [1.29, 1.82) is 0 Å². The molecular formula is C22H29N2O6+. The second-order valence-corrected chi connectivity index (χ2v) is 7.11. The molecule has 0 bridgehead atoms. The predicted molar refractivity (Wildman–Crippen MR) is 111 cm³/mol. The highest BCUT2D eigenvalue weighted by Gasteiger charge is 2.28. The maximum Gasteiger partial charge on any atom is 0.258 e. The average Bonchev–Trinajstić information content (AvgIpc) is 2.79. The molecule has 8 heteroatoms. The van der Waals surface area contributed by atoms with Crippen molar-refractivity contribution in [2.75, 3.05) is 54.6 Å². The van der Waals surface area contributed by atoms with E-state index in [0.29, 0.717) is 41.7 Å². The normalized spacial score (nSPS) is 14.3. The molecule has 0 aromatic heterocycles. The summed E-state index contributed by atoms with van der Waals surface area (Å²) in [6, 6.07) is 8.98. The van der Waals surface area contributed by atoms with Crippen molar-refractivity contribution in [3.63, 3.8) is 0 Å². The van der Waals surface area contributed by atoms with Crippen molar-refractivity contribution < 1.29 is 33.7 Å². The van der Waals surface area contributed by atoms with Gasteiger partial charge >= 0.3 is 0 Å². The molecule has 0 aliphatic carbocycles. The van der Waals surface area contributed by atoms with Crippen LogP contribution in [0.5, 0.6) is 28.7 Å². The molecule has 1 aliphatic heterocycles. The van der Waals surface area contributed by atoms with Gasteiger partial charge in [-0.3, -0.25) is 4.79 Å². The predicted octanol–water partition coefficient (Wildman–Crippen LogP) is 0.968. The van der Waals surface area contributed by atoms with Gasteiger partial charge in [0.05, 0.1) is 60.2 Å². The van der Waals surface area contributed by atoms with E-state index in [1.165, 1.54) is 26.2 Å². The van der Waals surface area contributed by atoms with Crippen LogP contribution < -0.4 is 23.8 Å². The van der Waals surface area contributed by atoms with Crippen LogP contribution in [0.1, 0.15) is 15.9 Å². The summed E-state index contributed by atoms with van der Waals surface area (Å²) in [4.78, 5) is 16.2. The van der Waals surface area contributed by atoms with Gasteiger partial charge in [0.15, 0.2) is 23.0 Å². The topological polar surface area (TPSA) is 81.9 Å². The van der Waals surface area contributed by atoms with Gasteiger partial charge in [-0.25, -0.2) is 0 Å². The number of carbonyl (C=O) groups excluding carboxylic acids is 1. The third kappa shape index (κ3) is 4.38. The zero-order chi connectivity index (χ0) is 21.7. The number of quaternary nitrogens is 1. The van der Waals surface area contributed by atoms with E-state index in [-0.39, 0.29) is 11.7 Å². The minimum atomic E-state index is -0.0576. The fraction of sp³-hybridized carbons (Fsp3) is 0.409. The van der Waals surface area contributed by atoms with Crippen LogP contribution in [-0.4, -0.2) is 70.5 Å². The summed E-state index contributed by atoms with van der Waals surface area (Å²) in [6.45, 7) is 3.65. The van der Waals surface area contributed by atoms with Crippen molar-refractivity contribution in [3.8, 4) is 28.7 Å². The summed E-state index contributed by atoms with van der Waals surface area (Å²) in [5.74, 6) is 1.73. The molecule has 2 aromatic carbocycles. The summed E-state index contributed by atoms with van der Waals surface area (Å²) in [5, 5.41) is 10.1. The number of ether oxygens (including phenoxy) is 4. The molecule has 0 radical (unpaired) electrons. The molecular weight excluding hydrogens is 388 g/mol. The molecule has 1 aliphatic rings. The summed E-state index contributed by atoms with van der Waals surface area (Å²) < 4.78 is 21.2. The van der Waals surface area contributed by atoms with Crippen molar-refractivity contribution in [2.45, 2.75) is 6.54 Å². The van der Waals surface area contributed by atoms with Gasteiger partial charge in [0.1, 0.15) is 6.54 Å². The minimum Gasteiger partial charge on any atom is -0.502 e. The van der Waals surface area contributed by atoms with Gasteiger partial charge in [0.2, 0.25) is 5.75 Å². The Balaban J connectivity index is 1.66. The molecule has 3 rings (SSSR count). The number of phenols is 1. The summed E-state index contributed by atoms with van der Waals surface area (Å²) in [7, 11) is 6.13. The molecule has 1 amide bonds. The number of amides is 1. The Labute approximate surface area is 176 Å². The van der Waals surface area contributed by atoms with Crippen LogP contribution in [0.4, 0.5) is 0 Å². The second-order valence-electron chi connectivity index (χ2n) is 7.11. The van der Waals surface area contributed by atoms with E-state index in [2.05, 4.69) is 0 Å². The number of phenolic OH excluding ortho intramolecular Hbond substituents is 1. The first-order valence-electron chi connectivity index (χ1n) is 9.80. The zero-order valence-electron chi connectivity index (χ0n) is 17.9. The molecule has 0 spiro atoms. The van der Waals surface area contributed by atoms with E-state index in [9.17, 15) is 9.90 Å². The molecule has 1 heterocycles. The minimum absolute atomic E-state index is 0.00130. The Hall–Kier alpha value is -3.13. The Morgan fingerprint density at radius 2 is 1.57 bits per heavy atom. The third-order valence-corrected chi connectivity index (χ3v) is 5.38. The number of methoxy groups -OCH3 is 4. The standard InChI is InChI=1S/C22H28N2O6/c1-27-17-7-5-6-16(21(17)30-4)22(26)24-10-8-23(9-11-24)14-15-12-18(28-2)20(25)19(13-15)29-3/h5-7,12-13,25H,8-11,14H2,1-4H3/p+1. The number of carbonyl (C=O) groups is 1. The maximum absolute atomic E-state index is 13.0. The quantitative estimate of drug-likeness (QED) is 0.699. The van der Waals surface area contributed by atoms with Gasteiger partial charge < -0.3 is 33.9 Å². The van der Waals surface area contributed by atoms with E-state index >= 15 is 0 Å². The van der Waals surface area contributed by atoms with Gasteiger partial charge in [-0.1, -0.05) is 6.07 Å². The van der Waals surface area contributed by atoms with Crippen molar-refractivity contribution >= 4 is 5.91 Å². The number of piperazine rings is 1. The highest BCUT2D eigenvalue weighted by atomic mass is 16.5. The molecule has 30 heavy (non-hydrogen) atoms. The van der Waals surface area contributed by atoms with E-state index in [4.69, 9.17) is 18.9 Å². The first-order chi connectivity index (χ1) is 14.5. The zero-order valence-corrected chi connectivity index (χ0v) is 17.9. The van der Waals surface area contributed by atoms with Gasteiger partial charge in [-0.05, 0) is 24.3 Å². The maximum atomic E-state index is 13.0. The molecule has 0 saturated carbocycles. The molecule has 2 aromatic rings. The largest absolute Gasteiger partial charge is 0.502 e. The molecule has 1 saturated heterocycles. The van der Waals surface area contributed by atoms with Crippen molar-refractivity contribution in [1.82, 2.24) is 4.90 Å². The molecule has 162 valence electrons. The lowest BCUT2D eigenvalue weighted by Gasteiger charge is -2.32. The van der Waals surface area contributed by atoms with Crippen LogP contribution in [0.25, 0.3) is 0 Å². The molecule has 0 unspecified atom stereocenters.